The van der Waals surface area contributed by atoms with E-state index in [1.807, 2.05) is 0 Å². The third-order valence-corrected chi connectivity index (χ3v) is 2.44. The van der Waals surface area contributed by atoms with Crippen molar-refractivity contribution in [2.75, 3.05) is 0 Å². The summed E-state index contributed by atoms with van der Waals surface area (Å²) < 4.78 is 14.8. The van der Waals surface area contributed by atoms with Crippen molar-refractivity contribution >= 4 is 44.6 Å². The molecule has 0 N–H and O–H groups in total. The van der Waals surface area contributed by atoms with E-state index in [1.165, 1.54) is 10.6 Å². The number of fused-ring (bicyclic) bond motifs is 1. The van der Waals surface area contributed by atoms with E-state index in [0.29, 0.717) is 4.60 Å². The first-order valence-electron chi connectivity index (χ1n) is 3.15. The summed E-state index contributed by atoms with van der Waals surface area (Å²) in [5, 5.41) is 3.71. The van der Waals surface area contributed by atoms with Gasteiger partial charge in [-0.3, -0.25) is 0 Å². The van der Waals surface area contributed by atoms with Crippen LogP contribution < -0.4 is 0 Å². The Kier molecular flexibility index (Phi) is 2.17. The van der Waals surface area contributed by atoms with Crippen LogP contribution in [0.5, 0.6) is 0 Å². The highest BCUT2D eigenvalue weighted by atomic mass is 79.9. The van der Waals surface area contributed by atoms with Gasteiger partial charge in [-0.1, -0.05) is 11.6 Å². The van der Waals surface area contributed by atoms with Gasteiger partial charge >= 0.3 is 0 Å². The van der Waals surface area contributed by atoms with Gasteiger partial charge in [0.2, 0.25) is 5.28 Å². The molecule has 0 saturated carbocycles. The number of aromatic nitrogens is 3. The van der Waals surface area contributed by atoms with Crippen LogP contribution in [0, 0.1) is 5.82 Å². The normalized spacial score (nSPS) is 11.1. The second kappa shape index (κ2) is 3.08. The number of hydrogen-bond acceptors (Lipinski definition) is 2. The molecule has 2 aromatic heterocycles. The highest BCUT2D eigenvalue weighted by Gasteiger charge is 2.13. The van der Waals surface area contributed by atoms with Crippen molar-refractivity contribution < 1.29 is 4.39 Å². The quantitative estimate of drug-likeness (QED) is 0.745. The van der Waals surface area contributed by atoms with Crippen LogP contribution in [0.1, 0.15) is 0 Å². The molecular weight excluding hydrogens is 284 g/mol. The van der Waals surface area contributed by atoms with Crippen molar-refractivity contribution in [3.05, 3.63) is 26.9 Å². The van der Waals surface area contributed by atoms with Gasteiger partial charge in [0, 0.05) is 6.07 Å². The summed E-state index contributed by atoms with van der Waals surface area (Å²) in [5.74, 6) is -0.492. The maximum Gasteiger partial charge on any atom is 0.242 e. The highest BCUT2D eigenvalue weighted by molar-refractivity contribution is 9.10. The van der Waals surface area contributed by atoms with Gasteiger partial charge in [0.25, 0.3) is 0 Å². The molecule has 0 atom stereocenters. The molecular formula is C6HBrCl2FN3. The second-order valence-electron chi connectivity index (χ2n) is 2.25. The van der Waals surface area contributed by atoms with E-state index in [1.54, 1.807) is 0 Å². The fourth-order valence-electron chi connectivity index (χ4n) is 0.965. The number of nitrogens with zero attached hydrogens (tertiary/aromatic N) is 3. The van der Waals surface area contributed by atoms with Crippen LogP contribution in [0.4, 0.5) is 4.39 Å². The predicted molar refractivity (Wildman–Crippen MR) is 50.7 cm³/mol. The average molecular weight is 285 g/mol. The fourth-order valence-corrected chi connectivity index (χ4v) is 1.88. The summed E-state index contributed by atoms with van der Waals surface area (Å²) in [5.41, 5.74) is 0.109. The van der Waals surface area contributed by atoms with Crippen LogP contribution in [-0.2, 0) is 0 Å². The molecule has 7 heteroatoms. The molecule has 0 radical (unpaired) electrons. The standard InChI is InChI=1S/C6HBrCl2FN3/c7-3-1-2(10)4-5(8)11-6(9)12-13(3)4/h1H. The van der Waals surface area contributed by atoms with Gasteiger partial charge in [-0.15, -0.1) is 5.10 Å². The Morgan fingerprint density at radius 1 is 1.46 bits per heavy atom. The zero-order valence-electron chi connectivity index (χ0n) is 5.93. The maximum atomic E-state index is 13.1. The van der Waals surface area contributed by atoms with Gasteiger partial charge in [-0.05, 0) is 27.5 Å². The molecule has 0 spiro atoms. The molecule has 68 valence electrons. The average Bonchev–Trinajstić information content (AvgIpc) is 2.27. The predicted octanol–water partition coefficient (Wildman–Crippen LogP) is 2.94. The second-order valence-corrected chi connectivity index (χ2v) is 3.76. The first-order valence-corrected chi connectivity index (χ1v) is 4.70. The summed E-state index contributed by atoms with van der Waals surface area (Å²) in [6.07, 6.45) is 0. The third kappa shape index (κ3) is 1.41. The molecule has 2 rings (SSSR count). The van der Waals surface area contributed by atoms with Crippen LogP contribution >= 0.6 is 39.1 Å². The molecule has 0 aliphatic heterocycles. The van der Waals surface area contributed by atoms with Crippen molar-refractivity contribution in [3.8, 4) is 0 Å². The minimum absolute atomic E-state index is 0.0109. The Bertz CT molecular complexity index is 484. The van der Waals surface area contributed by atoms with E-state index < -0.39 is 5.82 Å². The molecule has 13 heavy (non-hydrogen) atoms. The Morgan fingerprint density at radius 3 is 2.85 bits per heavy atom. The fraction of sp³-hybridized carbons (Fsp3) is 0. The summed E-state index contributed by atoms with van der Waals surface area (Å²) in [7, 11) is 0. The molecule has 2 aromatic rings. The number of halogens is 4. The van der Waals surface area contributed by atoms with Crippen molar-refractivity contribution in [1.82, 2.24) is 14.6 Å². The molecule has 0 aromatic carbocycles. The molecule has 2 heterocycles. The topological polar surface area (TPSA) is 30.2 Å². The van der Waals surface area contributed by atoms with Crippen molar-refractivity contribution in [2.24, 2.45) is 0 Å². The monoisotopic (exact) mass is 283 g/mol. The first kappa shape index (κ1) is 9.18. The maximum absolute atomic E-state index is 13.1. The van der Waals surface area contributed by atoms with Gasteiger partial charge in [0.1, 0.15) is 10.1 Å². The Balaban J connectivity index is 2.97. The number of hydrogen-bond donors (Lipinski definition) is 0. The lowest BCUT2D eigenvalue weighted by Gasteiger charge is -1.97. The van der Waals surface area contributed by atoms with Gasteiger partial charge in [-0.25, -0.2) is 13.9 Å². The van der Waals surface area contributed by atoms with E-state index in [4.69, 9.17) is 23.2 Å². The van der Waals surface area contributed by atoms with Crippen molar-refractivity contribution in [3.63, 3.8) is 0 Å². The number of rotatable bonds is 0. The lowest BCUT2D eigenvalue weighted by atomic mass is 10.5. The minimum Gasteiger partial charge on any atom is -0.217 e. The largest absolute Gasteiger partial charge is 0.242 e. The van der Waals surface area contributed by atoms with E-state index in [0.717, 1.165) is 0 Å². The van der Waals surface area contributed by atoms with E-state index >= 15 is 0 Å². The Morgan fingerprint density at radius 2 is 2.15 bits per heavy atom. The van der Waals surface area contributed by atoms with Crippen LogP contribution in [0.2, 0.25) is 10.4 Å². The van der Waals surface area contributed by atoms with Gasteiger partial charge in [0.15, 0.2) is 11.0 Å². The van der Waals surface area contributed by atoms with Crippen LogP contribution in [0.15, 0.2) is 10.7 Å². The van der Waals surface area contributed by atoms with Gasteiger partial charge < -0.3 is 0 Å². The van der Waals surface area contributed by atoms with Crippen molar-refractivity contribution in [2.45, 2.75) is 0 Å². The smallest absolute Gasteiger partial charge is 0.217 e. The molecule has 0 amide bonds. The van der Waals surface area contributed by atoms with Crippen LogP contribution in [-0.4, -0.2) is 14.6 Å². The molecule has 0 saturated heterocycles. The van der Waals surface area contributed by atoms with E-state index in [2.05, 4.69) is 26.0 Å². The summed E-state index contributed by atoms with van der Waals surface area (Å²) in [4.78, 5) is 3.61. The lowest BCUT2D eigenvalue weighted by Crippen LogP contribution is -1.96. The minimum atomic E-state index is -0.492. The molecule has 0 aliphatic rings. The Hall–Kier alpha value is -0.390. The summed E-state index contributed by atoms with van der Waals surface area (Å²) in [6, 6.07) is 1.24. The summed E-state index contributed by atoms with van der Waals surface area (Å²) in [6.45, 7) is 0. The highest BCUT2D eigenvalue weighted by Crippen LogP contribution is 2.24. The van der Waals surface area contributed by atoms with Gasteiger partial charge in [-0.2, -0.15) is 0 Å². The van der Waals surface area contributed by atoms with Gasteiger partial charge in [0.05, 0.1) is 0 Å². The van der Waals surface area contributed by atoms with Crippen LogP contribution in [0.25, 0.3) is 5.52 Å². The van der Waals surface area contributed by atoms with Crippen LogP contribution in [0.3, 0.4) is 0 Å². The zero-order chi connectivity index (χ0) is 9.59. The van der Waals surface area contributed by atoms with E-state index in [9.17, 15) is 4.39 Å². The molecule has 0 bridgehead atoms. The first-order chi connectivity index (χ1) is 6.09. The zero-order valence-corrected chi connectivity index (χ0v) is 9.03. The molecule has 0 unspecified atom stereocenters. The van der Waals surface area contributed by atoms with Crippen molar-refractivity contribution in [1.29, 1.82) is 0 Å². The molecule has 0 fully saturated rings. The molecule has 0 aliphatic carbocycles. The lowest BCUT2D eigenvalue weighted by molar-refractivity contribution is 0.638. The SMILES string of the molecule is Fc1cc(Br)n2nc(Cl)nc(Cl)c12. The summed E-state index contributed by atoms with van der Waals surface area (Å²) >= 11 is 14.3. The molecule has 3 nitrogen and oxygen atoms in total. The third-order valence-electron chi connectivity index (χ3n) is 1.45. The van der Waals surface area contributed by atoms with E-state index in [-0.39, 0.29) is 16.0 Å². The Labute approximate surface area is 90.6 Å².